The van der Waals surface area contributed by atoms with Gasteiger partial charge in [-0.25, -0.2) is 4.39 Å². The van der Waals surface area contributed by atoms with Gasteiger partial charge in [-0.3, -0.25) is 4.68 Å². The van der Waals surface area contributed by atoms with Gasteiger partial charge in [-0.05, 0) is 36.5 Å². The minimum Gasteiger partial charge on any atom is -0.255 e. The van der Waals surface area contributed by atoms with Crippen molar-refractivity contribution in [3.63, 3.8) is 0 Å². The van der Waals surface area contributed by atoms with Gasteiger partial charge in [0.2, 0.25) is 0 Å². The van der Waals surface area contributed by atoms with E-state index in [2.05, 4.69) is 10.3 Å². The first-order valence-corrected chi connectivity index (χ1v) is 6.36. The van der Waals surface area contributed by atoms with Crippen LogP contribution in [-0.2, 0) is 19.9 Å². The maximum atomic E-state index is 12.8. The number of nitrogens with zero attached hydrogens (tertiary/aromatic N) is 3. The molecule has 0 saturated heterocycles. The monoisotopic (exact) mass is 267 g/mol. The first-order valence-electron chi connectivity index (χ1n) is 5.83. The van der Waals surface area contributed by atoms with E-state index in [-0.39, 0.29) is 11.7 Å². The van der Waals surface area contributed by atoms with Crippen molar-refractivity contribution in [1.82, 2.24) is 15.0 Å². The lowest BCUT2D eigenvalue weighted by Gasteiger charge is -2.12. The smallest absolute Gasteiger partial charge is 0.123 e. The highest BCUT2D eigenvalue weighted by atomic mass is 35.5. The quantitative estimate of drug-likeness (QED) is 0.780. The Morgan fingerprint density at radius 3 is 2.56 bits per heavy atom. The lowest BCUT2D eigenvalue weighted by Crippen LogP contribution is -2.10. The molecule has 0 saturated carbocycles. The van der Waals surface area contributed by atoms with Crippen molar-refractivity contribution in [3.05, 3.63) is 47.5 Å². The number of aromatic nitrogens is 3. The van der Waals surface area contributed by atoms with Gasteiger partial charge in [-0.1, -0.05) is 17.3 Å². The zero-order chi connectivity index (χ0) is 13.0. The van der Waals surface area contributed by atoms with Crippen molar-refractivity contribution < 1.29 is 4.39 Å². The minimum absolute atomic E-state index is 0.213. The highest BCUT2D eigenvalue weighted by Crippen LogP contribution is 2.15. The van der Waals surface area contributed by atoms with Gasteiger partial charge in [-0.15, -0.1) is 16.7 Å². The molecule has 0 bridgehead atoms. The Balaban J connectivity index is 1.99. The van der Waals surface area contributed by atoms with Gasteiger partial charge >= 0.3 is 0 Å². The Labute approximate surface area is 111 Å². The van der Waals surface area contributed by atoms with Crippen molar-refractivity contribution in [2.24, 2.45) is 13.0 Å². The van der Waals surface area contributed by atoms with E-state index < -0.39 is 0 Å². The molecule has 0 fully saturated rings. The molecule has 1 aromatic carbocycles. The molecule has 18 heavy (non-hydrogen) atoms. The molecular weight excluding hydrogens is 253 g/mol. The predicted octanol–water partition coefficient (Wildman–Crippen LogP) is 2.59. The van der Waals surface area contributed by atoms with Crippen LogP contribution in [0.3, 0.4) is 0 Å². The van der Waals surface area contributed by atoms with Crippen LogP contribution in [0.2, 0.25) is 0 Å². The van der Waals surface area contributed by atoms with Gasteiger partial charge in [0.15, 0.2) is 0 Å². The first kappa shape index (κ1) is 13.0. The Bertz CT molecular complexity index is 495. The van der Waals surface area contributed by atoms with Crippen LogP contribution in [0.15, 0.2) is 30.5 Å². The summed E-state index contributed by atoms with van der Waals surface area (Å²) < 4.78 is 14.5. The third kappa shape index (κ3) is 3.53. The van der Waals surface area contributed by atoms with E-state index in [1.807, 2.05) is 13.2 Å². The second-order valence-corrected chi connectivity index (χ2v) is 4.75. The van der Waals surface area contributed by atoms with Crippen molar-refractivity contribution in [2.75, 3.05) is 5.88 Å². The summed E-state index contributed by atoms with van der Waals surface area (Å²) in [6, 6.07) is 6.54. The number of hydrogen-bond acceptors (Lipinski definition) is 2. The van der Waals surface area contributed by atoms with Crippen LogP contribution in [0.5, 0.6) is 0 Å². The summed E-state index contributed by atoms with van der Waals surface area (Å²) in [7, 11) is 1.84. The number of alkyl halides is 1. The topological polar surface area (TPSA) is 30.7 Å². The third-order valence-corrected chi connectivity index (χ3v) is 3.24. The molecule has 3 nitrogen and oxygen atoms in total. The maximum absolute atomic E-state index is 12.8. The molecule has 0 aliphatic rings. The Morgan fingerprint density at radius 1 is 1.28 bits per heavy atom. The Morgan fingerprint density at radius 2 is 2.00 bits per heavy atom. The van der Waals surface area contributed by atoms with Gasteiger partial charge in [0.25, 0.3) is 0 Å². The van der Waals surface area contributed by atoms with Crippen molar-refractivity contribution in [3.8, 4) is 0 Å². The van der Waals surface area contributed by atoms with Crippen LogP contribution in [0.1, 0.15) is 11.3 Å². The number of rotatable bonds is 5. The van der Waals surface area contributed by atoms with E-state index in [0.717, 1.165) is 24.1 Å². The number of hydrogen-bond donors (Lipinski definition) is 0. The van der Waals surface area contributed by atoms with Gasteiger partial charge in [0, 0.05) is 19.1 Å². The molecular formula is C13H15ClFN3. The van der Waals surface area contributed by atoms with Gasteiger partial charge < -0.3 is 0 Å². The fraction of sp³-hybridized carbons (Fsp3) is 0.385. The predicted molar refractivity (Wildman–Crippen MR) is 69.0 cm³/mol. The maximum Gasteiger partial charge on any atom is 0.123 e. The Kier molecular flexibility index (Phi) is 4.31. The molecule has 1 heterocycles. The summed E-state index contributed by atoms with van der Waals surface area (Å²) in [5.41, 5.74) is 2.02. The third-order valence-electron chi connectivity index (χ3n) is 2.80. The summed E-state index contributed by atoms with van der Waals surface area (Å²) in [5, 5.41) is 7.95. The van der Waals surface area contributed by atoms with Crippen LogP contribution in [0, 0.1) is 11.7 Å². The van der Waals surface area contributed by atoms with Gasteiger partial charge in [0.05, 0.1) is 5.69 Å². The molecule has 0 radical (unpaired) electrons. The SMILES string of the molecule is Cn1cc(CC(CCl)Cc2ccc(F)cc2)nn1. The van der Waals surface area contributed by atoms with Crippen LogP contribution in [-0.4, -0.2) is 20.9 Å². The molecule has 0 amide bonds. The molecule has 5 heteroatoms. The van der Waals surface area contributed by atoms with Crippen molar-refractivity contribution in [2.45, 2.75) is 12.8 Å². The molecule has 0 N–H and O–H groups in total. The normalized spacial score (nSPS) is 12.6. The zero-order valence-electron chi connectivity index (χ0n) is 10.2. The van der Waals surface area contributed by atoms with Crippen LogP contribution < -0.4 is 0 Å². The molecule has 96 valence electrons. The number of aryl methyl sites for hydroxylation is 1. The second kappa shape index (κ2) is 5.96. The highest BCUT2D eigenvalue weighted by molar-refractivity contribution is 6.18. The van der Waals surface area contributed by atoms with E-state index in [1.165, 1.54) is 12.1 Å². The van der Waals surface area contributed by atoms with Crippen LogP contribution >= 0.6 is 11.6 Å². The Hall–Kier alpha value is -1.42. The molecule has 0 aliphatic heterocycles. The van der Waals surface area contributed by atoms with E-state index in [0.29, 0.717) is 5.88 Å². The first-order chi connectivity index (χ1) is 8.67. The van der Waals surface area contributed by atoms with Crippen molar-refractivity contribution >= 4 is 11.6 Å². The molecule has 0 aliphatic carbocycles. The summed E-state index contributed by atoms with van der Waals surface area (Å²) in [5.74, 6) is 0.623. The van der Waals surface area contributed by atoms with Gasteiger partial charge in [-0.2, -0.15) is 0 Å². The van der Waals surface area contributed by atoms with Crippen molar-refractivity contribution in [1.29, 1.82) is 0 Å². The average Bonchev–Trinajstić information content (AvgIpc) is 2.77. The lowest BCUT2D eigenvalue weighted by atomic mass is 9.97. The highest BCUT2D eigenvalue weighted by Gasteiger charge is 2.12. The molecule has 1 aromatic heterocycles. The van der Waals surface area contributed by atoms with Crippen LogP contribution in [0.4, 0.5) is 4.39 Å². The standard InChI is InChI=1S/C13H15ClFN3/c1-18-9-13(16-17-18)7-11(8-14)6-10-2-4-12(15)5-3-10/h2-5,9,11H,6-8H2,1H3. The second-order valence-electron chi connectivity index (χ2n) is 4.44. The largest absolute Gasteiger partial charge is 0.255 e. The number of halogens is 2. The lowest BCUT2D eigenvalue weighted by molar-refractivity contribution is 0.572. The molecule has 0 spiro atoms. The van der Waals surface area contributed by atoms with E-state index >= 15 is 0 Å². The van der Waals surface area contributed by atoms with E-state index in [4.69, 9.17) is 11.6 Å². The fourth-order valence-electron chi connectivity index (χ4n) is 1.92. The average molecular weight is 268 g/mol. The summed E-state index contributed by atoms with van der Waals surface area (Å²) >= 11 is 5.98. The molecule has 2 aromatic rings. The summed E-state index contributed by atoms with van der Waals surface area (Å²) in [6.07, 6.45) is 3.50. The van der Waals surface area contributed by atoms with Gasteiger partial charge in [0.1, 0.15) is 5.82 Å². The fourth-order valence-corrected chi connectivity index (χ4v) is 2.14. The van der Waals surface area contributed by atoms with Crippen LogP contribution in [0.25, 0.3) is 0 Å². The summed E-state index contributed by atoms with van der Waals surface area (Å²) in [6.45, 7) is 0. The zero-order valence-corrected chi connectivity index (χ0v) is 10.9. The summed E-state index contributed by atoms with van der Waals surface area (Å²) in [4.78, 5) is 0. The molecule has 2 rings (SSSR count). The molecule has 1 unspecified atom stereocenters. The minimum atomic E-state index is -0.213. The van der Waals surface area contributed by atoms with E-state index in [9.17, 15) is 4.39 Å². The van der Waals surface area contributed by atoms with E-state index in [1.54, 1.807) is 16.8 Å². The molecule has 1 atom stereocenters. The number of benzene rings is 1.